The van der Waals surface area contributed by atoms with Gasteiger partial charge in [-0.1, -0.05) is 133 Å². The van der Waals surface area contributed by atoms with Crippen LogP contribution >= 0.6 is 11.3 Å². The Morgan fingerprint density at radius 2 is 0.939 bits per heavy atom. The first-order valence-electron chi connectivity index (χ1n) is 16.4. The van der Waals surface area contributed by atoms with E-state index in [9.17, 15) is 0 Å². The number of para-hydroxylation sites is 2. The molecule has 49 heavy (non-hydrogen) atoms. The number of hydrogen-bond donors (Lipinski definition) is 0. The molecular weight excluding hydrogens is 615 g/mol. The molecule has 0 fully saturated rings. The minimum absolute atomic E-state index is 0.694. The minimum Gasteiger partial charge on any atom is -0.247 e. The van der Waals surface area contributed by atoms with E-state index >= 15 is 0 Å². The van der Waals surface area contributed by atoms with Gasteiger partial charge in [-0.25, -0.2) is 15.0 Å². The summed E-state index contributed by atoms with van der Waals surface area (Å²) in [4.78, 5) is 15.6. The van der Waals surface area contributed by atoms with Gasteiger partial charge in [0.25, 0.3) is 0 Å². The smallest absolute Gasteiger partial charge is 0.160 e. The quantitative estimate of drug-likeness (QED) is 0.180. The fourth-order valence-electron chi connectivity index (χ4n) is 7.16. The number of rotatable bonds is 4. The molecule has 7 aromatic carbocycles. The molecule has 10 aromatic rings. The van der Waals surface area contributed by atoms with Gasteiger partial charge in [-0.15, -0.1) is 11.3 Å². The summed E-state index contributed by atoms with van der Waals surface area (Å²) in [5.41, 5.74) is 9.22. The zero-order valence-electron chi connectivity index (χ0n) is 26.3. The molecule has 0 bridgehead atoms. The van der Waals surface area contributed by atoms with Gasteiger partial charge < -0.3 is 0 Å². The molecular formula is C45H27N3S. The van der Waals surface area contributed by atoms with Crippen LogP contribution in [0.4, 0.5) is 0 Å². The van der Waals surface area contributed by atoms with Crippen molar-refractivity contribution >= 4 is 64.1 Å². The highest BCUT2D eigenvalue weighted by atomic mass is 32.1. The summed E-state index contributed by atoms with van der Waals surface area (Å²) in [5.74, 6) is 0.694. The summed E-state index contributed by atoms with van der Waals surface area (Å²) in [7, 11) is 0. The van der Waals surface area contributed by atoms with Crippen molar-refractivity contribution in [2.75, 3.05) is 0 Å². The van der Waals surface area contributed by atoms with Gasteiger partial charge in [0.15, 0.2) is 5.82 Å². The van der Waals surface area contributed by atoms with E-state index in [0.717, 1.165) is 49.9 Å². The van der Waals surface area contributed by atoms with Gasteiger partial charge in [-0.05, 0) is 41.5 Å². The third-order valence-electron chi connectivity index (χ3n) is 9.47. The maximum absolute atomic E-state index is 5.29. The highest BCUT2D eigenvalue weighted by molar-refractivity contribution is 7.26. The largest absolute Gasteiger partial charge is 0.247 e. The Morgan fingerprint density at radius 1 is 0.327 bits per heavy atom. The molecule has 0 N–H and O–H groups in total. The predicted molar refractivity (Wildman–Crippen MR) is 207 cm³/mol. The van der Waals surface area contributed by atoms with E-state index in [4.69, 9.17) is 15.0 Å². The van der Waals surface area contributed by atoms with Gasteiger partial charge in [0.1, 0.15) is 0 Å². The first kappa shape index (κ1) is 27.8. The average Bonchev–Trinajstić information content (AvgIpc) is 3.56. The fraction of sp³-hybridized carbons (Fsp3) is 0. The van der Waals surface area contributed by atoms with Crippen molar-refractivity contribution in [1.29, 1.82) is 0 Å². The summed E-state index contributed by atoms with van der Waals surface area (Å²) in [6, 6.07) is 57.7. The third-order valence-corrected chi connectivity index (χ3v) is 10.6. The average molecular weight is 642 g/mol. The predicted octanol–water partition coefficient (Wildman–Crippen LogP) is 12.4. The molecule has 0 atom stereocenters. The second-order valence-electron chi connectivity index (χ2n) is 12.4. The molecule has 0 aliphatic carbocycles. The lowest BCUT2D eigenvalue weighted by atomic mass is 9.95. The maximum atomic E-state index is 5.29. The zero-order valence-corrected chi connectivity index (χ0v) is 27.2. The number of fused-ring (bicyclic) bond motifs is 8. The van der Waals surface area contributed by atoms with Crippen molar-refractivity contribution in [3.05, 3.63) is 164 Å². The van der Waals surface area contributed by atoms with E-state index in [2.05, 4.69) is 152 Å². The molecule has 3 aromatic heterocycles. The van der Waals surface area contributed by atoms with E-state index in [0.29, 0.717) is 5.82 Å². The molecule has 0 amide bonds. The van der Waals surface area contributed by atoms with Crippen molar-refractivity contribution in [2.24, 2.45) is 0 Å². The molecule has 0 aliphatic heterocycles. The lowest BCUT2D eigenvalue weighted by Crippen LogP contribution is -1.96. The van der Waals surface area contributed by atoms with Gasteiger partial charge in [0.2, 0.25) is 0 Å². The molecule has 0 radical (unpaired) electrons. The molecule has 0 spiro atoms. The summed E-state index contributed by atoms with van der Waals surface area (Å²) >= 11 is 1.85. The Kier molecular flexibility index (Phi) is 6.36. The molecule has 3 heterocycles. The highest BCUT2D eigenvalue weighted by Gasteiger charge is 2.18. The number of benzene rings is 7. The number of aromatic nitrogens is 3. The summed E-state index contributed by atoms with van der Waals surface area (Å²) in [5, 5.41) is 7.19. The zero-order chi connectivity index (χ0) is 32.3. The Hall–Kier alpha value is -6.23. The highest BCUT2D eigenvalue weighted by Crippen LogP contribution is 2.43. The molecule has 10 rings (SSSR count). The van der Waals surface area contributed by atoms with E-state index in [1.807, 2.05) is 23.5 Å². The van der Waals surface area contributed by atoms with E-state index in [1.165, 1.54) is 42.1 Å². The topological polar surface area (TPSA) is 38.7 Å². The van der Waals surface area contributed by atoms with Crippen molar-refractivity contribution in [3.8, 4) is 45.0 Å². The summed E-state index contributed by atoms with van der Waals surface area (Å²) in [6.45, 7) is 0. The lowest BCUT2D eigenvalue weighted by molar-refractivity contribution is 1.23. The SMILES string of the molecule is c1ccc(-c2ccc(-c3nc(-c4cccc(-c5nc6ccccc6c6c5ccc5sc7ccccc7c56)c4)nc4ccccc34)cc2)cc1. The first-order valence-corrected chi connectivity index (χ1v) is 17.3. The number of nitrogens with zero attached hydrogens (tertiary/aromatic N) is 3. The van der Waals surface area contributed by atoms with E-state index in [-0.39, 0.29) is 0 Å². The van der Waals surface area contributed by atoms with Crippen LogP contribution in [0.15, 0.2) is 164 Å². The van der Waals surface area contributed by atoms with Crippen LogP contribution in [-0.4, -0.2) is 15.0 Å². The van der Waals surface area contributed by atoms with Crippen molar-refractivity contribution in [1.82, 2.24) is 15.0 Å². The van der Waals surface area contributed by atoms with E-state index < -0.39 is 0 Å². The molecule has 0 aliphatic rings. The van der Waals surface area contributed by atoms with Crippen molar-refractivity contribution in [2.45, 2.75) is 0 Å². The molecule has 228 valence electrons. The minimum atomic E-state index is 0.694. The fourth-order valence-corrected chi connectivity index (χ4v) is 8.27. The number of pyridine rings is 1. The summed E-state index contributed by atoms with van der Waals surface area (Å²) in [6.07, 6.45) is 0. The monoisotopic (exact) mass is 641 g/mol. The van der Waals surface area contributed by atoms with E-state index in [1.54, 1.807) is 0 Å². The van der Waals surface area contributed by atoms with Gasteiger partial charge in [-0.2, -0.15) is 0 Å². The van der Waals surface area contributed by atoms with Crippen LogP contribution in [0.5, 0.6) is 0 Å². The van der Waals surface area contributed by atoms with Crippen LogP contribution in [0.25, 0.3) is 97.8 Å². The van der Waals surface area contributed by atoms with Crippen LogP contribution in [-0.2, 0) is 0 Å². The number of hydrogen-bond acceptors (Lipinski definition) is 4. The van der Waals surface area contributed by atoms with Gasteiger partial charge in [0.05, 0.1) is 22.4 Å². The summed E-state index contributed by atoms with van der Waals surface area (Å²) < 4.78 is 2.59. The van der Waals surface area contributed by atoms with Crippen LogP contribution in [0.1, 0.15) is 0 Å². The Balaban J connectivity index is 1.16. The normalized spacial score (nSPS) is 11.7. The lowest BCUT2D eigenvalue weighted by Gasteiger charge is -2.13. The van der Waals surface area contributed by atoms with Crippen LogP contribution in [0.3, 0.4) is 0 Å². The molecule has 0 unspecified atom stereocenters. The second kappa shape index (κ2) is 11.2. The van der Waals surface area contributed by atoms with Crippen molar-refractivity contribution in [3.63, 3.8) is 0 Å². The van der Waals surface area contributed by atoms with Crippen LogP contribution in [0, 0.1) is 0 Å². The van der Waals surface area contributed by atoms with Gasteiger partial charge in [-0.3, -0.25) is 0 Å². The molecule has 4 heteroatoms. The molecule has 3 nitrogen and oxygen atoms in total. The Labute approximate surface area is 286 Å². The second-order valence-corrected chi connectivity index (χ2v) is 13.5. The van der Waals surface area contributed by atoms with Crippen molar-refractivity contribution < 1.29 is 0 Å². The Bertz CT molecular complexity index is 2870. The maximum Gasteiger partial charge on any atom is 0.160 e. The standard InChI is InChI=1S/C45H27N3S/c1-2-11-28(12-3-1)29-21-23-30(24-22-29)43-34-16-5-8-19-38(34)47-45(48-43)32-14-10-13-31(27-32)44-36-25-26-40-42(35-17-6-9-20-39(35)49-40)41(36)33-15-4-7-18-37(33)46-44/h1-27H. The van der Waals surface area contributed by atoms with Crippen LogP contribution < -0.4 is 0 Å². The first-order chi connectivity index (χ1) is 24.3. The molecule has 0 saturated heterocycles. The number of thiophene rings is 1. The van der Waals surface area contributed by atoms with Gasteiger partial charge in [0, 0.05) is 58.4 Å². The Morgan fingerprint density at radius 3 is 1.78 bits per heavy atom. The van der Waals surface area contributed by atoms with Gasteiger partial charge >= 0.3 is 0 Å². The van der Waals surface area contributed by atoms with Crippen LogP contribution in [0.2, 0.25) is 0 Å². The third kappa shape index (κ3) is 4.61. The molecule has 0 saturated carbocycles.